The largest absolute Gasteiger partial charge is 0.385 e. The lowest BCUT2D eigenvalue weighted by molar-refractivity contribution is 0.0954. The molecule has 0 bridgehead atoms. The molecule has 28 heavy (non-hydrogen) atoms. The van der Waals surface area contributed by atoms with Gasteiger partial charge >= 0.3 is 0 Å². The molecule has 154 valence electrons. The molecule has 0 aliphatic heterocycles. The van der Waals surface area contributed by atoms with Gasteiger partial charge in [-0.3, -0.25) is 9.59 Å². The summed E-state index contributed by atoms with van der Waals surface area (Å²) in [6.45, 7) is 1.02. The average molecular weight is 412 g/mol. The van der Waals surface area contributed by atoms with Crippen molar-refractivity contribution in [2.75, 3.05) is 32.3 Å². The minimum absolute atomic E-state index is 0.121. The monoisotopic (exact) mass is 412 g/mol. The van der Waals surface area contributed by atoms with E-state index in [0.717, 1.165) is 0 Å². The zero-order chi connectivity index (χ0) is 21.1. The maximum atomic E-state index is 12.3. The lowest BCUT2D eigenvalue weighted by Gasteiger charge is -2.10. The Kier molecular flexibility index (Phi) is 9.99. The third-order valence-corrected chi connectivity index (χ3v) is 3.81. The molecular weight excluding hydrogens is 387 g/mol. The first-order valence-corrected chi connectivity index (χ1v) is 9.64. The molecule has 0 radical (unpaired) electrons. The van der Waals surface area contributed by atoms with Gasteiger partial charge in [0.05, 0.1) is 6.16 Å². The Balaban J connectivity index is 3.24. The predicted molar refractivity (Wildman–Crippen MR) is 108 cm³/mol. The molecule has 0 unspecified atom stereocenters. The van der Waals surface area contributed by atoms with Crippen LogP contribution in [0.1, 0.15) is 26.3 Å². The Bertz CT molecular complexity index is 715. The molecule has 0 atom stereocenters. The standard InChI is InChI=1S/C15H25N8O4P/c16-1-3-20-14(24)10-5-9(6-11(7-10)15(25)21-4-2-17)13(19)23-22-12(18)8-28(26)27/h5-7,26-27H,1-4,8,16-17H2,(H2,18,22)(H2,19,23)(H,20,24)(H,21,25). The zero-order valence-corrected chi connectivity index (χ0v) is 16.0. The zero-order valence-electron chi connectivity index (χ0n) is 15.1. The molecule has 0 heterocycles. The lowest BCUT2D eigenvalue weighted by Crippen LogP contribution is -2.31. The molecule has 1 rings (SSSR count). The van der Waals surface area contributed by atoms with Crippen molar-refractivity contribution >= 4 is 31.9 Å². The van der Waals surface area contributed by atoms with Crippen LogP contribution in [0, 0.1) is 0 Å². The maximum Gasteiger partial charge on any atom is 0.251 e. The summed E-state index contributed by atoms with van der Waals surface area (Å²) in [5.74, 6) is -1.13. The second-order valence-corrected chi connectivity index (χ2v) is 6.56. The van der Waals surface area contributed by atoms with E-state index in [1.165, 1.54) is 18.2 Å². The fourth-order valence-corrected chi connectivity index (χ4v) is 2.32. The van der Waals surface area contributed by atoms with E-state index in [9.17, 15) is 9.59 Å². The van der Waals surface area contributed by atoms with Gasteiger partial charge in [-0.2, -0.15) is 0 Å². The van der Waals surface area contributed by atoms with Crippen LogP contribution in [0.5, 0.6) is 0 Å². The molecule has 13 heteroatoms. The molecule has 0 saturated carbocycles. The van der Waals surface area contributed by atoms with Crippen molar-refractivity contribution in [3.05, 3.63) is 34.9 Å². The number of carbonyl (C=O) groups excluding carboxylic acids is 2. The number of hydrogen-bond acceptors (Lipinski definition) is 8. The number of amidine groups is 2. The van der Waals surface area contributed by atoms with Crippen LogP contribution in [-0.4, -0.2) is 65.6 Å². The normalized spacial score (nSPS) is 12.2. The van der Waals surface area contributed by atoms with Crippen molar-refractivity contribution in [3.63, 3.8) is 0 Å². The number of nitrogens with one attached hydrogen (secondary N) is 2. The number of hydrogen-bond donors (Lipinski definition) is 8. The Labute approximate surface area is 163 Å². The highest BCUT2D eigenvalue weighted by atomic mass is 31.2. The number of rotatable bonds is 10. The molecule has 12 nitrogen and oxygen atoms in total. The first-order chi connectivity index (χ1) is 13.3. The first-order valence-electron chi connectivity index (χ1n) is 8.21. The highest BCUT2D eigenvalue weighted by Gasteiger charge is 2.14. The highest BCUT2D eigenvalue weighted by Crippen LogP contribution is 2.21. The highest BCUT2D eigenvalue weighted by molar-refractivity contribution is 7.46. The number of nitrogens with two attached hydrogens (primary N) is 4. The SMILES string of the molecule is NCCNC(=O)c1cc(C(=O)NCCN)cc(/C(N)=N/N=C(\N)CP(O)O)c1. The molecule has 0 aromatic heterocycles. The van der Waals surface area contributed by atoms with Gasteiger partial charge in [0.15, 0.2) is 14.2 Å². The Morgan fingerprint density at radius 3 is 1.79 bits per heavy atom. The van der Waals surface area contributed by atoms with E-state index in [1.54, 1.807) is 0 Å². The van der Waals surface area contributed by atoms with Crippen LogP contribution in [-0.2, 0) is 0 Å². The smallest absolute Gasteiger partial charge is 0.251 e. The second-order valence-electron chi connectivity index (χ2n) is 5.50. The van der Waals surface area contributed by atoms with Gasteiger partial charge in [-0.15, -0.1) is 10.2 Å². The van der Waals surface area contributed by atoms with E-state index >= 15 is 0 Å². The number of carbonyl (C=O) groups is 2. The minimum atomic E-state index is -2.26. The van der Waals surface area contributed by atoms with Crippen LogP contribution < -0.4 is 33.6 Å². The van der Waals surface area contributed by atoms with E-state index in [4.69, 9.17) is 32.7 Å². The lowest BCUT2D eigenvalue weighted by atomic mass is 10.0. The number of nitrogens with zero attached hydrogens (tertiary/aromatic N) is 2. The maximum absolute atomic E-state index is 12.3. The summed E-state index contributed by atoms with van der Waals surface area (Å²) in [7, 11) is -2.26. The van der Waals surface area contributed by atoms with Crippen LogP contribution in [0.2, 0.25) is 0 Å². The van der Waals surface area contributed by atoms with Gasteiger partial charge in [-0.25, -0.2) is 0 Å². The van der Waals surface area contributed by atoms with Crippen molar-refractivity contribution in [1.29, 1.82) is 0 Å². The third-order valence-electron chi connectivity index (χ3n) is 3.20. The molecule has 2 amide bonds. The van der Waals surface area contributed by atoms with Gasteiger partial charge in [0.1, 0.15) is 5.84 Å². The van der Waals surface area contributed by atoms with Gasteiger partial charge in [0.2, 0.25) is 0 Å². The van der Waals surface area contributed by atoms with Gasteiger partial charge in [-0.1, -0.05) is 0 Å². The van der Waals surface area contributed by atoms with E-state index in [1.807, 2.05) is 0 Å². The van der Waals surface area contributed by atoms with Crippen molar-refractivity contribution in [3.8, 4) is 0 Å². The first kappa shape index (κ1) is 23.4. The summed E-state index contributed by atoms with van der Waals surface area (Å²) in [4.78, 5) is 42.3. The van der Waals surface area contributed by atoms with Gasteiger partial charge in [0.25, 0.3) is 11.8 Å². The van der Waals surface area contributed by atoms with Crippen molar-refractivity contribution in [2.24, 2.45) is 33.1 Å². The fourth-order valence-electron chi connectivity index (χ4n) is 1.97. The molecule has 0 spiro atoms. The van der Waals surface area contributed by atoms with Gasteiger partial charge < -0.3 is 43.4 Å². The Hall–Kier alpha value is -2.63. The Morgan fingerprint density at radius 1 is 0.893 bits per heavy atom. The second kappa shape index (κ2) is 12.0. The molecule has 1 aromatic carbocycles. The van der Waals surface area contributed by atoms with E-state index in [2.05, 4.69) is 20.8 Å². The summed E-state index contributed by atoms with van der Waals surface area (Å²) >= 11 is 0. The molecule has 1 aromatic rings. The van der Waals surface area contributed by atoms with E-state index < -0.39 is 20.2 Å². The van der Waals surface area contributed by atoms with Crippen LogP contribution in [0.4, 0.5) is 0 Å². The van der Waals surface area contributed by atoms with E-state index in [0.29, 0.717) is 0 Å². The van der Waals surface area contributed by atoms with Gasteiger partial charge in [0, 0.05) is 42.9 Å². The predicted octanol–water partition coefficient (Wildman–Crippen LogP) is -2.66. The van der Waals surface area contributed by atoms with Gasteiger partial charge in [-0.05, 0) is 18.2 Å². The van der Waals surface area contributed by atoms with Crippen LogP contribution in [0.15, 0.2) is 28.4 Å². The van der Waals surface area contributed by atoms with Crippen LogP contribution in [0.3, 0.4) is 0 Å². The van der Waals surface area contributed by atoms with Crippen molar-refractivity contribution in [2.45, 2.75) is 0 Å². The quantitative estimate of drug-likeness (QED) is 0.0872. The van der Waals surface area contributed by atoms with Crippen molar-refractivity contribution in [1.82, 2.24) is 10.6 Å². The minimum Gasteiger partial charge on any atom is -0.385 e. The molecule has 0 saturated heterocycles. The molecular formula is C15H25N8O4P. The number of benzene rings is 1. The molecule has 12 N–H and O–H groups in total. The topological polar surface area (TPSA) is 227 Å². The average Bonchev–Trinajstić information content (AvgIpc) is 2.67. The summed E-state index contributed by atoms with van der Waals surface area (Å²) in [5.41, 5.74) is 22.7. The number of amides is 2. The van der Waals surface area contributed by atoms with Crippen LogP contribution >= 0.6 is 8.38 Å². The Morgan fingerprint density at radius 2 is 1.36 bits per heavy atom. The summed E-state index contributed by atoms with van der Waals surface area (Å²) in [6.07, 6.45) is -0.250. The molecule has 0 aliphatic rings. The molecule has 0 aliphatic carbocycles. The summed E-state index contributed by atoms with van der Waals surface area (Å²) < 4.78 is 0. The fraction of sp³-hybridized carbons (Fsp3) is 0.333. The van der Waals surface area contributed by atoms with E-state index in [-0.39, 0.29) is 60.7 Å². The summed E-state index contributed by atoms with van der Waals surface area (Å²) in [6, 6.07) is 4.26. The molecule has 0 fully saturated rings. The van der Waals surface area contributed by atoms with Crippen LogP contribution in [0.25, 0.3) is 0 Å². The third kappa shape index (κ3) is 7.94. The summed E-state index contributed by atoms with van der Waals surface area (Å²) in [5, 5.41) is 12.5. The van der Waals surface area contributed by atoms with Crippen molar-refractivity contribution < 1.29 is 19.4 Å².